The van der Waals surface area contributed by atoms with Crippen molar-refractivity contribution < 1.29 is 14.3 Å². The van der Waals surface area contributed by atoms with Gasteiger partial charge in [0.25, 0.3) is 0 Å². The van der Waals surface area contributed by atoms with Crippen molar-refractivity contribution in [3.8, 4) is 0 Å². The van der Waals surface area contributed by atoms with Crippen molar-refractivity contribution in [1.82, 2.24) is 0 Å². The molecule has 0 aromatic rings. The molecule has 22 heavy (non-hydrogen) atoms. The molecule has 0 atom stereocenters. The molecule has 0 rings (SSSR count). The first kappa shape index (κ1) is 21.2. The number of carbonyl (C=O) groups is 1. The van der Waals surface area contributed by atoms with Gasteiger partial charge in [0.15, 0.2) is 18.8 Å². The molecule has 3 nitrogen and oxygen atoms in total. The summed E-state index contributed by atoms with van der Waals surface area (Å²) in [5.74, 6) is 0.415. The Balaban J connectivity index is 3.44. The van der Waals surface area contributed by atoms with E-state index in [1.165, 1.54) is 57.8 Å². The molecular formula is C19H36O3. The summed E-state index contributed by atoms with van der Waals surface area (Å²) in [6.45, 7) is 5.30. The highest BCUT2D eigenvalue weighted by Gasteiger charge is 1.97. The lowest BCUT2D eigenvalue weighted by atomic mass is 10.1. The summed E-state index contributed by atoms with van der Waals surface area (Å²) < 4.78 is 10.7. The average Bonchev–Trinajstić information content (AvgIpc) is 2.54. The number of ether oxygens (including phenoxy) is 2. The summed E-state index contributed by atoms with van der Waals surface area (Å²) >= 11 is 0. The number of carbonyl (C=O) groups excluding carboxylic acids is 1. The number of aldehydes is 1. The van der Waals surface area contributed by atoms with Gasteiger partial charge in [-0.3, -0.25) is 4.79 Å². The Bertz CT molecular complexity index is 261. The molecule has 0 spiro atoms. The van der Waals surface area contributed by atoms with Crippen LogP contribution in [0.5, 0.6) is 0 Å². The van der Waals surface area contributed by atoms with Crippen LogP contribution in [0.25, 0.3) is 0 Å². The summed E-state index contributed by atoms with van der Waals surface area (Å²) in [6.07, 6.45) is 17.4. The number of rotatable bonds is 17. The predicted octanol–water partition coefficient (Wildman–Crippen LogP) is 5.78. The van der Waals surface area contributed by atoms with Crippen molar-refractivity contribution in [1.29, 1.82) is 0 Å². The van der Waals surface area contributed by atoms with Crippen LogP contribution in [0.15, 0.2) is 11.8 Å². The molecule has 0 aromatic carbocycles. The minimum atomic E-state index is 0.186. The lowest BCUT2D eigenvalue weighted by Gasteiger charge is -2.06. The van der Waals surface area contributed by atoms with Gasteiger partial charge < -0.3 is 9.47 Å². The van der Waals surface area contributed by atoms with Crippen molar-refractivity contribution in [2.75, 3.05) is 13.4 Å². The quantitative estimate of drug-likeness (QED) is 0.112. The average molecular weight is 312 g/mol. The maximum absolute atomic E-state index is 10.9. The van der Waals surface area contributed by atoms with Crippen LogP contribution < -0.4 is 0 Å². The lowest BCUT2D eigenvalue weighted by Crippen LogP contribution is -2.02. The van der Waals surface area contributed by atoms with E-state index in [1.807, 2.05) is 6.08 Å². The van der Waals surface area contributed by atoms with Gasteiger partial charge in [-0.1, -0.05) is 71.6 Å². The van der Waals surface area contributed by atoms with Gasteiger partial charge in [0.1, 0.15) is 0 Å². The van der Waals surface area contributed by atoms with Crippen molar-refractivity contribution in [2.45, 2.75) is 90.9 Å². The summed E-state index contributed by atoms with van der Waals surface area (Å²) in [5.41, 5.74) is 0. The molecule has 0 N–H and O–H groups in total. The van der Waals surface area contributed by atoms with Gasteiger partial charge in [-0.25, -0.2) is 0 Å². The zero-order valence-electron chi connectivity index (χ0n) is 14.8. The highest BCUT2D eigenvalue weighted by Crippen LogP contribution is 2.10. The van der Waals surface area contributed by atoms with Crippen LogP contribution in [0.1, 0.15) is 90.9 Å². The Labute approximate surface area is 137 Å². The van der Waals surface area contributed by atoms with Crippen molar-refractivity contribution in [3.63, 3.8) is 0 Å². The number of allylic oxidation sites excluding steroid dienone is 2. The second kappa shape index (κ2) is 18.2. The van der Waals surface area contributed by atoms with E-state index >= 15 is 0 Å². The van der Waals surface area contributed by atoms with E-state index in [-0.39, 0.29) is 6.79 Å². The molecule has 0 aliphatic carbocycles. The molecule has 0 aromatic heterocycles. The van der Waals surface area contributed by atoms with Crippen molar-refractivity contribution in [3.05, 3.63) is 11.8 Å². The summed E-state index contributed by atoms with van der Waals surface area (Å²) in [5, 5.41) is 0. The first-order valence-electron chi connectivity index (χ1n) is 9.21. The van der Waals surface area contributed by atoms with Gasteiger partial charge in [0.05, 0.1) is 6.61 Å². The van der Waals surface area contributed by atoms with Gasteiger partial charge in [-0.2, -0.15) is 0 Å². The molecule has 0 saturated heterocycles. The highest BCUT2D eigenvalue weighted by molar-refractivity contribution is 5.69. The minimum absolute atomic E-state index is 0.186. The molecule has 0 aliphatic rings. The van der Waals surface area contributed by atoms with E-state index in [1.54, 1.807) is 0 Å². The van der Waals surface area contributed by atoms with E-state index in [0.717, 1.165) is 25.5 Å². The van der Waals surface area contributed by atoms with E-state index in [2.05, 4.69) is 13.8 Å². The monoisotopic (exact) mass is 312 g/mol. The SMILES string of the molecule is CCCCCCCCCCC=C(C=O)OCOCCCCC. The molecule has 0 heterocycles. The zero-order chi connectivity index (χ0) is 16.3. The van der Waals surface area contributed by atoms with E-state index in [4.69, 9.17) is 9.47 Å². The molecule has 0 amide bonds. The van der Waals surface area contributed by atoms with Crippen LogP contribution in [0.4, 0.5) is 0 Å². The third-order valence-electron chi connectivity index (χ3n) is 3.72. The van der Waals surface area contributed by atoms with Crippen molar-refractivity contribution >= 4 is 6.29 Å². The number of unbranched alkanes of at least 4 members (excludes halogenated alkanes) is 10. The Morgan fingerprint density at radius 3 is 2.05 bits per heavy atom. The standard InChI is InChI=1S/C19H36O3/c1-3-5-7-8-9-10-11-12-13-15-19(17-20)22-18-21-16-14-6-4-2/h15,17H,3-14,16,18H2,1-2H3. The van der Waals surface area contributed by atoms with Gasteiger partial charge >= 0.3 is 0 Å². The maximum atomic E-state index is 10.9. The van der Waals surface area contributed by atoms with Crippen molar-refractivity contribution in [2.24, 2.45) is 0 Å². The van der Waals surface area contributed by atoms with Crippen LogP contribution in [0, 0.1) is 0 Å². The molecule has 0 bridgehead atoms. The highest BCUT2D eigenvalue weighted by atomic mass is 16.7. The fourth-order valence-corrected chi connectivity index (χ4v) is 2.29. The zero-order valence-corrected chi connectivity index (χ0v) is 14.8. The predicted molar refractivity (Wildman–Crippen MR) is 92.8 cm³/mol. The van der Waals surface area contributed by atoms with Crippen LogP contribution in [0.3, 0.4) is 0 Å². The van der Waals surface area contributed by atoms with Crippen LogP contribution in [0.2, 0.25) is 0 Å². The first-order chi connectivity index (χ1) is 10.8. The van der Waals surface area contributed by atoms with Crippen LogP contribution in [-0.4, -0.2) is 19.7 Å². The Hall–Kier alpha value is -0.830. The van der Waals surface area contributed by atoms with Gasteiger partial charge in [0, 0.05) is 0 Å². The summed E-state index contributed by atoms with van der Waals surface area (Å²) in [4.78, 5) is 10.9. The lowest BCUT2D eigenvalue weighted by molar-refractivity contribution is -0.111. The Morgan fingerprint density at radius 1 is 0.818 bits per heavy atom. The van der Waals surface area contributed by atoms with Gasteiger partial charge in [-0.05, 0) is 25.3 Å². The Kier molecular flexibility index (Phi) is 17.5. The molecule has 0 radical (unpaired) electrons. The van der Waals surface area contributed by atoms with Crippen LogP contribution in [-0.2, 0) is 14.3 Å². The summed E-state index contributed by atoms with van der Waals surface area (Å²) in [7, 11) is 0. The first-order valence-corrected chi connectivity index (χ1v) is 9.21. The maximum Gasteiger partial charge on any atom is 0.189 e. The third kappa shape index (κ3) is 15.6. The van der Waals surface area contributed by atoms with Gasteiger partial charge in [-0.15, -0.1) is 0 Å². The smallest absolute Gasteiger partial charge is 0.189 e. The Morgan fingerprint density at radius 2 is 1.41 bits per heavy atom. The van der Waals surface area contributed by atoms with E-state index in [0.29, 0.717) is 12.4 Å². The molecule has 0 fully saturated rings. The molecule has 130 valence electrons. The number of hydrogen-bond donors (Lipinski definition) is 0. The van der Waals surface area contributed by atoms with Gasteiger partial charge in [0.2, 0.25) is 0 Å². The topological polar surface area (TPSA) is 35.5 Å². The fourth-order valence-electron chi connectivity index (χ4n) is 2.29. The normalized spacial score (nSPS) is 11.6. The van der Waals surface area contributed by atoms with Crippen LogP contribution >= 0.6 is 0 Å². The second-order valence-electron chi connectivity index (χ2n) is 5.87. The largest absolute Gasteiger partial charge is 0.464 e. The number of hydrogen-bond acceptors (Lipinski definition) is 3. The molecule has 0 unspecified atom stereocenters. The molecule has 0 saturated carbocycles. The molecule has 0 aliphatic heterocycles. The second-order valence-corrected chi connectivity index (χ2v) is 5.87. The summed E-state index contributed by atoms with van der Waals surface area (Å²) in [6, 6.07) is 0. The molecule has 3 heteroatoms. The third-order valence-corrected chi connectivity index (χ3v) is 3.72. The van der Waals surface area contributed by atoms with E-state index in [9.17, 15) is 4.79 Å². The minimum Gasteiger partial charge on any atom is -0.464 e. The fraction of sp³-hybridized carbons (Fsp3) is 0.842. The van der Waals surface area contributed by atoms with E-state index < -0.39 is 0 Å². The molecular weight excluding hydrogens is 276 g/mol.